The van der Waals surface area contributed by atoms with Gasteiger partial charge in [0, 0.05) is 21.7 Å². The topological polar surface area (TPSA) is 55.1 Å². The summed E-state index contributed by atoms with van der Waals surface area (Å²) in [5.74, 6) is 1.14. The number of rotatable bonds is 5. The van der Waals surface area contributed by atoms with Gasteiger partial charge in [-0.2, -0.15) is 5.26 Å². The molecule has 3 rings (SSSR count). The fourth-order valence-corrected chi connectivity index (χ4v) is 3.47. The number of hydrogen-bond acceptors (Lipinski definition) is 4. The lowest BCUT2D eigenvalue weighted by Gasteiger charge is -2.16. The summed E-state index contributed by atoms with van der Waals surface area (Å²) in [5, 5.41) is 10.6. The molecule has 1 aliphatic rings. The van der Waals surface area contributed by atoms with Gasteiger partial charge < -0.3 is 9.47 Å². The Bertz CT molecular complexity index is 848. The molecule has 0 radical (unpaired) electrons. The number of hydrogen-bond donors (Lipinski definition) is 0. The van der Waals surface area contributed by atoms with E-state index < -0.39 is 0 Å². The smallest absolute Gasteiger partial charge is 0.179 e. The molecule has 134 valence electrons. The van der Waals surface area contributed by atoms with E-state index in [0.29, 0.717) is 38.4 Å². The van der Waals surface area contributed by atoms with Crippen LogP contribution in [-0.2, 0) is 0 Å². The number of halogens is 2. The molecule has 0 spiro atoms. The molecule has 26 heavy (non-hydrogen) atoms. The maximum absolute atomic E-state index is 9.61. The molecule has 0 aliphatic heterocycles. The van der Waals surface area contributed by atoms with Gasteiger partial charge in [-0.3, -0.25) is 4.98 Å². The van der Waals surface area contributed by atoms with Gasteiger partial charge in [-0.1, -0.05) is 29.3 Å². The monoisotopic (exact) mass is 388 g/mol. The van der Waals surface area contributed by atoms with E-state index >= 15 is 0 Å². The molecule has 1 aromatic heterocycles. The van der Waals surface area contributed by atoms with Gasteiger partial charge in [0.05, 0.1) is 30.7 Å². The molecule has 0 saturated heterocycles. The summed E-state index contributed by atoms with van der Waals surface area (Å²) in [7, 11) is 1.57. The highest BCUT2D eigenvalue weighted by Gasteiger charge is 2.19. The molecule has 0 unspecified atom stereocenters. The average Bonchev–Trinajstić information content (AvgIpc) is 3.15. The Morgan fingerprint density at radius 1 is 1.23 bits per heavy atom. The Kier molecular flexibility index (Phi) is 6.03. The Labute approximate surface area is 163 Å². The number of nitriles is 1. The molecule has 0 atom stereocenters. The van der Waals surface area contributed by atoms with Crippen LogP contribution in [-0.4, -0.2) is 18.2 Å². The van der Waals surface area contributed by atoms with Crippen LogP contribution in [0.4, 0.5) is 0 Å². The summed E-state index contributed by atoms with van der Waals surface area (Å²) in [5.41, 5.74) is 1.42. The molecule has 1 heterocycles. The number of nitrogens with zero attached hydrogens (tertiary/aromatic N) is 2. The molecule has 0 amide bonds. The first kappa shape index (κ1) is 18.6. The van der Waals surface area contributed by atoms with Crippen LogP contribution >= 0.6 is 23.2 Å². The van der Waals surface area contributed by atoms with Crippen LogP contribution in [0.5, 0.6) is 11.5 Å². The maximum atomic E-state index is 9.61. The Balaban J connectivity index is 1.98. The molecular formula is C20H18Cl2N2O2. The zero-order valence-corrected chi connectivity index (χ0v) is 15.8. The molecule has 1 aromatic carbocycles. The van der Waals surface area contributed by atoms with Crippen molar-refractivity contribution < 1.29 is 9.47 Å². The van der Waals surface area contributed by atoms with Crippen molar-refractivity contribution in [3.05, 3.63) is 51.8 Å². The highest BCUT2D eigenvalue weighted by Crippen LogP contribution is 2.34. The van der Waals surface area contributed by atoms with Gasteiger partial charge in [0.2, 0.25) is 0 Å². The number of pyridine rings is 1. The van der Waals surface area contributed by atoms with Crippen molar-refractivity contribution in [1.82, 2.24) is 4.98 Å². The van der Waals surface area contributed by atoms with Crippen molar-refractivity contribution >= 4 is 34.9 Å². The third-order valence-corrected chi connectivity index (χ3v) is 4.99. The first-order valence-corrected chi connectivity index (χ1v) is 9.15. The second-order valence-electron chi connectivity index (χ2n) is 6.05. The van der Waals surface area contributed by atoms with Crippen molar-refractivity contribution in [2.75, 3.05) is 7.11 Å². The summed E-state index contributed by atoms with van der Waals surface area (Å²) in [6.45, 7) is 0. The van der Waals surface area contributed by atoms with E-state index in [9.17, 15) is 5.26 Å². The minimum Gasteiger partial charge on any atom is -0.491 e. The molecule has 4 nitrogen and oxygen atoms in total. The molecular weight excluding hydrogens is 371 g/mol. The second kappa shape index (κ2) is 8.44. The number of ether oxygens (including phenoxy) is 2. The van der Waals surface area contributed by atoms with Crippen LogP contribution in [0.25, 0.3) is 11.6 Å². The van der Waals surface area contributed by atoms with Gasteiger partial charge in [-0.25, -0.2) is 0 Å². The molecule has 1 fully saturated rings. The number of aromatic nitrogens is 1. The van der Waals surface area contributed by atoms with Crippen molar-refractivity contribution in [3.63, 3.8) is 0 Å². The lowest BCUT2D eigenvalue weighted by Crippen LogP contribution is -2.12. The van der Waals surface area contributed by atoms with Crippen LogP contribution in [0, 0.1) is 11.3 Å². The summed E-state index contributed by atoms with van der Waals surface area (Å²) in [6.07, 6.45) is 7.76. The average molecular weight is 389 g/mol. The van der Waals surface area contributed by atoms with Gasteiger partial charge in [-0.05, 0) is 43.9 Å². The van der Waals surface area contributed by atoms with Crippen molar-refractivity contribution in [1.29, 1.82) is 5.26 Å². The third kappa shape index (κ3) is 4.12. The van der Waals surface area contributed by atoms with Crippen molar-refractivity contribution in [3.8, 4) is 17.6 Å². The molecule has 0 N–H and O–H groups in total. The first-order valence-electron chi connectivity index (χ1n) is 8.39. The molecule has 2 aromatic rings. The summed E-state index contributed by atoms with van der Waals surface area (Å²) >= 11 is 12.4. The van der Waals surface area contributed by atoms with E-state index in [4.69, 9.17) is 32.7 Å². The van der Waals surface area contributed by atoms with Crippen molar-refractivity contribution in [2.45, 2.75) is 31.8 Å². The van der Waals surface area contributed by atoms with Crippen LogP contribution in [0.2, 0.25) is 10.0 Å². The van der Waals surface area contributed by atoms with Crippen LogP contribution < -0.4 is 9.47 Å². The SMILES string of the molecule is COc1cnc(C(C#N)=Cc2c(Cl)cccc2Cl)cc1OC1CCCC1. The van der Waals surface area contributed by atoms with E-state index in [1.165, 1.54) is 12.8 Å². The van der Waals surface area contributed by atoms with Gasteiger partial charge in [0.25, 0.3) is 0 Å². The largest absolute Gasteiger partial charge is 0.491 e. The second-order valence-corrected chi connectivity index (χ2v) is 6.86. The fourth-order valence-electron chi connectivity index (χ4n) is 2.96. The predicted octanol–water partition coefficient (Wildman–Crippen LogP) is 5.78. The normalized spacial score (nSPS) is 14.9. The predicted molar refractivity (Wildman–Crippen MR) is 104 cm³/mol. The van der Waals surface area contributed by atoms with Gasteiger partial charge in [0.15, 0.2) is 11.5 Å². The zero-order chi connectivity index (χ0) is 18.5. The lowest BCUT2D eigenvalue weighted by atomic mass is 10.1. The van der Waals surface area contributed by atoms with Gasteiger partial charge in [0.1, 0.15) is 6.07 Å². The maximum Gasteiger partial charge on any atom is 0.179 e. The number of benzene rings is 1. The quantitative estimate of drug-likeness (QED) is 0.608. The fraction of sp³-hybridized carbons (Fsp3) is 0.300. The minimum absolute atomic E-state index is 0.173. The first-order chi connectivity index (χ1) is 12.6. The summed E-state index contributed by atoms with van der Waals surface area (Å²) in [4.78, 5) is 4.33. The summed E-state index contributed by atoms with van der Waals surface area (Å²) in [6, 6.07) is 9.11. The van der Waals surface area contributed by atoms with E-state index in [2.05, 4.69) is 11.1 Å². The molecule has 1 aliphatic carbocycles. The summed E-state index contributed by atoms with van der Waals surface area (Å²) < 4.78 is 11.4. The van der Waals surface area contributed by atoms with E-state index in [1.54, 1.807) is 43.6 Å². The highest BCUT2D eigenvalue weighted by molar-refractivity contribution is 6.37. The molecule has 0 bridgehead atoms. The number of methoxy groups -OCH3 is 1. The van der Waals surface area contributed by atoms with Crippen LogP contribution in [0.15, 0.2) is 30.5 Å². The molecule has 1 saturated carbocycles. The Hall–Kier alpha value is -2.22. The standard InChI is InChI=1S/C20H18Cl2N2O2/c1-25-20-12-24-18(10-19(20)26-14-5-2-3-6-14)13(11-23)9-15-16(21)7-4-8-17(15)22/h4,7-10,12,14H,2-3,5-6H2,1H3. The van der Waals surface area contributed by atoms with Gasteiger partial charge >= 0.3 is 0 Å². The van der Waals surface area contributed by atoms with Crippen LogP contribution in [0.1, 0.15) is 36.9 Å². The van der Waals surface area contributed by atoms with Gasteiger partial charge in [-0.15, -0.1) is 0 Å². The van der Waals surface area contributed by atoms with E-state index in [-0.39, 0.29) is 6.10 Å². The zero-order valence-electron chi connectivity index (χ0n) is 14.3. The Morgan fingerprint density at radius 3 is 2.54 bits per heavy atom. The third-order valence-electron chi connectivity index (χ3n) is 4.33. The van der Waals surface area contributed by atoms with E-state index in [0.717, 1.165) is 12.8 Å². The Morgan fingerprint density at radius 2 is 1.92 bits per heavy atom. The van der Waals surface area contributed by atoms with Crippen molar-refractivity contribution in [2.24, 2.45) is 0 Å². The van der Waals surface area contributed by atoms with Crippen LogP contribution in [0.3, 0.4) is 0 Å². The number of allylic oxidation sites excluding steroid dienone is 1. The minimum atomic E-state index is 0.173. The highest BCUT2D eigenvalue weighted by atomic mass is 35.5. The molecule has 6 heteroatoms. The van der Waals surface area contributed by atoms with E-state index in [1.807, 2.05) is 0 Å². The lowest BCUT2D eigenvalue weighted by molar-refractivity contribution is 0.200.